The molecule has 82 valence electrons. The van der Waals surface area contributed by atoms with Crippen LogP contribution in [0.5, 0.6) is 0 Å². The number of hydrogen-bond donors (Lipinski definition) is 0. The highest BCUT2D eigenvalue weighted by atomic mass is 32.2. The van der Waals surface area contributed by atoms with Crippen LogP contribution in [0.25, 0.3) is 0 Å². The molecule has 0 radical (unpaired) electrons. The average molecular weight is 230 g/mol. The van der Waals surface area contributed by atoms with E-state index in [1.54, 1.807) is 24.2 Å². The maximum Gasteiger partial charge on any atom is 0.187 e. The van der Waals surface area contributed by atoms with E-state index >= 15 is 0 Å². The Morgan fingerprint density at radius 1 is 1.00 bits per heavy atom. The van der Waals surface area contributed by atoms with Crippen molar-refractivity contribution in [3.05, 3.63) is 53.3 Å². The molecule has 0 N–H and O–H groups in total. The summed E-state index contributed by atoms with van der Waals surface area (Å²) in [6.07, 6.45) is 3.55. The van der Waals surface area contributed by atoms with Crippen molar-refractivity contribution in [3.8, 4) is 0 Å². The summed E-state index contributed by atoms with van der Waals surface area (Å²) in [6.45, 7) is 4.25. The van der Waals surface area contributed by atoms with Crippen molar-refractivity contribution < 1.29 is 0 Å². The van der Waals surface area contributed by atoms with Crippen molar-refractivity contribution in [1.29, 1.82) is 0 Å². The van der Waals surface area contributed by atoms with Crippen molar-refractivity contribution in [2.75, 3.05) is 0 Å². The summed E-state index contributed by atoms with van der Waals surface area (Å²) in [5, 5.41) is 0.835. The molecule has 1 heterocycles. The van der Waals surface area contributed by atoms with Gasteiger partial charge in [-0.3, -0.25) is 0 Å². The van der Waals surface area contributed by atoms with Gasteiger partial charge in [-0.05, 0) is 25.5 Å². The molecule has 0 unspecified atom stereocenters. The first-order chi connectivity index (χ1) is 7.74. The van der Waals surface area contributed by atoms with E-state index in [4.69, 9.17) is 0 Å². The predicted octanol–water partition coefficient (Wildman–Crippen LogP) is 3.39. The van der Waals surface area contributed by atoms with Crippen LogP contribution in [-0.4, -0.2) is 9.97 Å². The summed E-state index contributed by atoms with van der Waals surface area (Å²) < 4.78 is 0. The second-order valence-electron chi connectivity index (χ2n) is 3.82. The molecule has 2 nitrogen and oxygen atoms in total. The minimum atomic E-state index is 0.835. The van der Waals surface area contributed by atoms with Gasteiger partial charge in [0.2, 0.25) is 0 Å². The Morgan fingerprint density at radius 2 is 1.62 bits per heavy atom. The van der Waals surface area contributed by atoms with Crippen LogP contribution in [0.2, 0.25) is 0 Å². The van der Waals surface area contributed by atoms with Gasteiger partial charge in [0.15, 0.2) is 5.16 Å². The van der Waals surface area contributed by atoms with Gasteiger partial charge in [-0.25, -0.2) is 9.97 Å². The normalized spacial score (nSPS) is 10.4. The molecule has 2 aromatic rings. The van der Waals surface area contributed by atoms with Gasteiger partial charge >= 0.3 is 0 Å². The lowest BCUT2D eigenvalue weighted by molar-refractivity contribution is 0.966. The second-order valence-corrected chi connectivity index (χ2v) is 4.76. The zero-order chi connectivity index (χ0) is 11.4. The van der Waals surface area contributed by atoms with Gasteiger partial charge in [0.05, 0.1) is 0 Å². The standard InChI is InChI=1S/C13H14N2S/c1-10-6-11(2)8-12(7-10)9-16-13-14-4-3-5-15-13/h3-8H,9H2,1-2H3. The molecule has 0 bridgehead atoms. The van der Waals surface area contributed by atoms with Gasteiger partial charge in [-0.2, -0.15) is 0 Å². The van der Waals surface area contributed by atoms with Crippen LogP contribution in [0.3, 0.4) is 0 Å². The lowest BCUT2D eigenvalue weighted by Gasteiger charge is -2.03. The first kappa shape index (κ1) is 11.1. The molecule has 3 heteroatoms. The third-order valence-corrected chi connectivity index (χ3v) is 3.14. The van der Waals surface area contributed by atoms with Crippen LogP contribution in [0.1, 0.15) is 16.7 Å². The molecular formula is C13H14N2S. The van der Waals surface area contributed by atoms with Crippen molar-refractivity contribution in [3.63, 3.8) is 0 Å². The molecule has 0 atom stereocenters. The molecule has 0 aliphatic carbocycles. The lowest BCUT2D eigenvalue weighted by Crippen LogP contribution is -1.88. The van der Waals surface area contributed by atoms with Gasteiger partial charge in [0.25, 0.3) is 0 Å². The Kier molecular flexibility index (Phi) is 3.57. The van der Waals surface area contributed by atoms with Crippen LogP contribution in [0.4, 0.5) is 0 Å². The maximum absolute atomic E-state index is 4.19. The molecule has 1 aromatic carbocycles. The number of rotatable bonds is 3. The number of benzene rings is 1. The molecule has 1 aromatic heterocycles. The van der Waals surface area contributed by atoms with Gasteiger partial charge in [-0.1, -0.05) is 41.1 Å². The molecule has 16 heavy (non-hydrogen) atoms. The van der Waals surface area contributed by atoms with E-state index in [0.717, 1.165) is 10.9 Å². The number of thioether (sulfide) groups is 1. The fraction of sp³-hybridized carbons (Fsp3) is 0.231. The van der Waals surface area contributed by atoms with Crippen molar-refractivity contribution in [1.82, 2.24) is 9.97 Å². The molecule has 2 rings (SSSR count). The van der Waals surface area contributed by atoms with Crippen LogP contribution in [0, 0.1) is 13.8 Å². The highest BCUT2D eigenvalue weighted by Gasteiger charge is 1.99. The van der Waals surface area contributed by atoms with Gasteiger partial charge in [-0.15, -0.1) is 0 Å². The molecule has 0 saturated heterocycles. The molecular weight excluding hydrogens is 216 g/mol. The lowest BCUT2D eigenvalue weighted by atomic mass is 10.1. The largest absolute Gasteiger partial charge is 0.231 e. The highest BCUT2D eigenvalue weighted by Crippen LogP contribution is 2.20. The first-order valence-electron chi connectivity index (χ1n) is 5.21. The van der Waals surface area contributed by atoms with Crippen LogP contribution in [0.15, 0.2) is 41.8 Å². The summed E-state index contributed by atoms with van der Waals surface area (Å²) in [6, 6.07) is 8.44. The number of aromatic nitrogens is 2. The zero-order valence-corrected chi connectivity index (χ0v) is 10.3. The number of aryl methyl sites for hydroxylation is 2. The van der Waals surface area contributed by atoms with Crippen LogP contribution >= 0.6 is 11.8 Å². The predicted molar refractivity (Wildman–Crippen MR) is 67.5 cm³/mol. The van der Waals surface area contributed by atoms with E-state index in [1.165, 1.54) is 16.7 Å². The Bertz CT molecular complexity index is 448. The topological polar surface area (TPSA) is 25.8 Å². The smallest absolute Gasteiger partial charge is 0.187 e. The molecule has 0 aliphatic rings. The van der Waals surface area contributed by atoms with Crippen molar-refractivity contribution in [2.45, 2.75) is 24.8 Å². The fourth-order valence-corrected chi connectivity index (χ4v) is 2.39. The van der Waals surface area contributed by atoms with E-state index < -0.39 is 0 Å². The van der Waals surface area contributed by atoms with Gasteiger partial charge < -0.3 is 0 Å². The summed E-state index contributed by atoms with van der Waals surface area (Å²) in [5.74, 6) is 0.923. The Balaban J connectivity index is 2.05. The Hall–Kier alpha value is -1.35. The number of hydrogen-bond acceptors (Lipinski definition) is 3. The first-order valence-corrected chi connectivity index (χ1v) is 6.19. The van der Waals surface area contributed by atoms with E-state index in [9.17, 15) is 0 Å². The van der Waals surface area contributed by atoms with E-state index in [2.05, 4.69) is 42.0 Å². The quantitative estimate of drug-likeness (QED) is 0.597. The van der Waals surface area contributed by atoms with E-state index in [1.807, 2.05) is 6.07 Å². The SMILES string of the molecule is Cc1cc(C)cc(CSc2ncccn2)c1. The fourth-order valence-electron chi connectivity index (χ4n) is 1.66. The van der Waals surface area contributed by atoms with Crippen molar-refractivity contribution >= 4 is 11.8 Å². The van der Waals surface area contributed by atoms with Gasteiger partial charge in [0, 0.05) is 18.1 Å². The van der Waals surface area contributed by atoms with Crippen LogP contribution < -0.4 is 0 Å². The summed E-state index contributed by atoms with van der Waals surface area (Å²) in [5.41, 5.74) is 3.95. The minimum absolute atomic E-state index is 0.835. The molecule has 0 aliphatic heterocycles. The molecule has 0 amide bonds. The summed E-state index contributed by atoms with van der Waals surface area (Å²) >= 11 is 1.67. The highest BCUT2D eigenvalue weighted by molar-refractivity contribution is 7.98. The third-order valence-electron chi connectivity index (χ3n) is 2.19. The van der Waals surface area contributed by atoms with Crippen molar-refractivity contribution in [2.24, 2.45) is 0 Å². The summed E-state index contributed by atoms with van der Waals surface area (Å²) in [4.78, 5) is 8.38. The molecule has 0 spiro atoms. The Labute approximate surface area is 100 Å². The maximum atomic E-state index is 4.19. The monoisotopic (exact) mass is 230 g/mol. The Morgan fingerprint density at radius 3 is 2.25 bits per heavy atom. The zero-order valence-electron chi connectivity index (χ0n) is 9.47. The van der Waals surface area contributed by atoms with Crippen LogP contribution in [-0.2, 0) is 5.75 Å². The molecule has 0 saturated carbocycles. The third kappa shape index (κ3) is 3.07. The molecule has 0 fully saturated rings. The second kappa shape index (κ2) is 5.12. The minimum Gasteiger partial charge on any atom is -0.231 e. The van der Waals surface area contributed by atoms with E-state index in [0.29, 0.717) is 0 Å². The average Bonchev–Trinajstić information content (AvgIpc) is 2.27. The van der Waals surface area contributed by atoms with Gasteiger partial charge in [0.1, 0.15) is 0 Å². The van der Waals surface area contributed by atoms with E-state index in [-0.39, 0.29) is 0 Å². The number of nitrogens with zero attached hydrogens (tertiary/aromatic N) is 2. The summed E-state index contributed by atoms with van der Waals surface area (Å²) in [7, 11) is 0.